The predicted octanol–water partition coefficient (Wildman–Crippen LogP) is 5.00. The van der Waals surface area contributed by atoms with Crippen molar-refractivity contribution in [3.63, 3.8) is 0 Å². The highest BCUT2D eigenvalue weighted by Crippen LogP contribution is 2.27. The van der Waals surface area contributed by atoms with Gasteiger partial charge in [-0.1, -0.05) is 23.2 Å². The van der Waals surface area contributed by atoms with Crippen molar-refractivity contribution < 1.29 is 9.53 Å². The van der Waals surface area contributed by atoms with E-state index in [9.17, 15) is 4.79 Å². The van der Waals surface area contributed by atoms with Gasteiger partial charge in [-0.3, -0.25) is 4.79 Å². The van der Waals surface area contributed by atoms with E-state index in [1.54, 1.807) is 43.5 Å². The Balaban J connectivity index is 2.44. The van der Waals surface area contributed by atoms with Crippen molar-refractivity contribution in [1.29, 1.82) is 0 Å². The van der Waals surface area contributed by atoms with E-state index in [2.05, 4.69) is 15.9 Å². The molecule has 98 valence electrons. The average molecular weight is 360 g/mol. The van der Waals surface area contributed by atoms with E-state index >= 15 is 0 Å². The Morgan fingerprint density at radius 3 is 2.26 bits per heavy atom. The summed E-state index contributed by atoms with van der Waals surface area (Å²) in [7, 11) is 1.57. The summed E-state index contributed by atoms with van der Waals surface area (Å²) >= 11 is 15.2. The van der Waals surface area contributed by atoms with Crippen LogP contribution in [0, 0.1) is 0 Å². The van der Waals surface area contributed by atoms with Gasteiger partial charge in [0.05, 0.1) is 7.11 Å². The molecule has 2 rings (SSSR count). The first-order valence-electron chi connectivity index (χ1n) is 5.35. The van der Waals surface area contributed by atoms with Crippen LogP contribution in [0.5, 0.6) is 5.75 Å². The molecular formula is C14H9BrCl2O2. The first-order chi connectivity index (χ1) is 9.01. The minimum absolute atomic E-state index is 0.154. The van der Waals surface area contributed by atoms with Gasteiger partial charge in [-0.05, 0) is 52.3 Å². The molecule has 0 N–H and O–H groups in total. The van der Waals surface area contributed by atoms with Crippen molar-refractivity contribution in [3.05, 3.63) is 62.0 Å². The summed E-state index contributed by atoms with van der Waals surface area (Å²) in [6.07, 6.45) is 0. The van der Waals surface area contributed by atoms with Gasteiger partial charge in [-0.2, -0.15) is 0 Å². The van der Waals surface area contributed by atoms with Gasteiger partial charge in [0.1, 0.15) is 5.75 Å². The van der Waals surface area contributed by atoms with E-state index in [0.717, 1.165) is 0 Å². The molecule has 0 aliphatic carbocycles. The molecule has 0 aliphatic rings. The van der Waals surface area contributed by atoms with Crippen molar-refractivity contribution in [1.82, 2.24) is 0 Å². The summed E-state index contributed by atoms with van der Waals surface area (Å²) in [5, 5.41) is 0.862. The van der Waals surface area contributed by atoms with Gasteiger partial charge in [0.15, 0.2) is 5.78 Å². The number of hydrogen-bond acceptors (Lipinski definition) is 2. The Labute approximate surface area is 129 Å². The lowest BCUT2D eigenvalue weighted by molar-refractivity contribution is 0.103. The average Bonchev–Trinajstić information content (AvgIpc) is 2.36. The van der Waals surface area contributed by atoms with Crippen LogP contribution in [0.15, 0.2) is 40.9 Å². The van der Waals surface area contributed by atoms with E-state index in [0.29, 0.717) is 31.4 Å². The monoisotopic (exact) mass is 358 g/mol. The number of carbonyl (C=O) groups excluding carboxylic acids is 1. The molecule has 0 atom stereocenters. The largest absolute Gasteiger partial charge is 0.497 e. The molecule has 0 saturated heterocycles. The van der Waals surface area contributed by atoms with Gasteiger partial charge in [0, 0.05) is 25.6 Å². The van der Waals surface area contributed by atoms with E-state index in [-0.39, 0.29) is 5.78 Å². The van der Waals surface area contributed by atoms with Crippen LogP contribution in [0.3, 0.4) is 0 Å². The van der Waals surface area contributed by atoms with Crippen molar-refractivity contribution in [3.8, 4) is 5.75 Å². The lowest BCUT2D eigenvalue weighted by Crippen LogP contribution is -2.02. The second-order valence-electron chi connectivity index (χ2n) is 3.83. The van der Waals surface area contributed by atoms with Crippen molar-refractivity contribution in [2.45, 2.75) is 0 Å². The van der Waals surface area contributed by atoms with Crippen molar-refractivity contribution >= 4 is 44.9 Å². The SMILES string of the molecule is COc1ccc(C(=O)c2cc(Cl)cc(Cl)c2)c(Br)c1. The van der Waals surface area contributed by atoms with E-state index in [1.165, 1.54) is 0 Å². The first-order valence-corrected chi connectivity index (χ1v) is 6.90. The number of benzene rings is 2. The number of carbonyl (C=O) groups is 1. The minimum atomic E-state index is -0.154. The van der Waals surface area contributed by atoms with Crippen molar-refractivity contribution in [2.24, 2.45) is 0 Å². The smallest absolute Gasteiger partial charge is 0.194 e. The number of ether oxygens (including phenoxy) is 1. The molecule has 0 fully saturated rings. The number of hydrogen-bond donors (Lipinski definition) is 0. The third kappa shape index (κ3) is 3.30. The molecule has 0 radical (unpaired) electrons. The number of ketones is 1. The van der Waals surface area contributed by atoms with Gasteiger partial charge in [0.2, 0.25) is 0 Å². The number of methoxy groups -OCH3 is 1. The highest BCUT2D eigenvalue weighted by Gasteiger charge is 2.14. The van der Waals surface area contributed by atoms with Crippen LogP contribution in [-0.4, -0.2) is 12.9 Å². The van der Waals surface area contributed by atoms with E-state index < -0.39 is 0 Å². The molecule has 19 heavy (non-hydrogen) atoms. The van der Waals surface area contributed by atoms with Crippen LogP contribution >= 0.6 is 39.1 Å². The quantitative estimate of drug-likeness (QED) is 0.721. The molecule has 0 aliphatic heterocycles. The fraction of sp³-hybridized carbons (Fsp3) is 0.0714. The lowest BCUT2D eigenvalue weighted by Gasteiger charge is -2.07. The molecule has 0 heterocycles. The second kappa shape index (κ2) is 5.95. The fourth-order valence-corrected chi connectivity index (χ4v) is 2.71. The van der Waals surface area contributed by atoms with E-state index in [4.69, 9.17) is 27.9 Å². The molecule has 0 aromatic heterocycles. The molecule has 2 aromatic rings. The summed E-state index contributed by atoms with van der Waals surface area (Å²) in [6.45, 7) is 0. The molecule has 0 bridgehead atoms. The van der Waals surface area contributed by atoms with Crippen LogP contribution in [0.25, 0.3) is 0 Å². The van der Waals surface area contributed by atoms with Crippen LogP contribution in [0.2, 0.25) is 10.0 Å². The summed E-state index contributed by atoms with van der Waals surface area (Å²) in [4.78, 5) is 12.4. The van der Waals surface area contributed by atoms with Gasteiger partial charge in [-0.15, -0.1) is 0 Å². The second-order valence-corrected chi connectivity index (χ2v) is 5.56. The Morgan fingerprint density at radius 2 is 1.74 bits per heavy atom. The molecule has 2 aromatic carbocycles. The number of rotatable bonds is 3. The normalized spacial score (nSPS) is 10.3. The van der Waals surface area contributed by atoms with Gasteiger partial charge in [-0.25, -0.2) is 0 Å². The third-order valence-corrected chi connectivity index (χ3v) is 3.64. The third-order valence-electron chi connectivity index (χ3n) is 2.55. The maximum Gasteiger partial charge on any atom is 0.194 e. The predicted molar refractivity (Wildman–Crippen MR) is 80.6 cm³/mol. The topological polar surface area (TPSA) is 26.3 Å². The maximum absolute atomic E-state index is 12.4. The molecule has 0 amide bonds. The molecule has 5 heteroatoms. The molecule has 2 nitrogen and oxygen atoms in total. The Morgan fingerprint density at radius 1 is 1.11 bits per heavy atom. The standard InChI is InChI=1S/C14H9BrCl2O2/c1-19-11-2-3-12(13(15)7-11)14(18)8-4-9(16)6-10(17)5-8/h2-7H,1H3. The zero-order chi connectivity index (χ0) is 14.0. The van der Waals surface area contributed by atoms with Crippen LogP contribution < -0.4 is 4.74 Å². The fourth-order valence-electron chi connectivity index (χ4n) is 1.65. The Kier molecular flexibility index (Phi) is 4.50. The first kappa shape index (κ1) is 14.4. The van der Waals surface area contributed by atoms with Crippen LogP contribution in [-0.2, 0) is 0 Å². The van der Waals surface area contributed by atoms with Crippen LogP contribution in [0.4, 0.5) is 0 Å². The highest BCUT2D eigenvalue weighted by molar-refractivity contribution is 9.10. The molecule has 0 spiro atoms. The summed E-state index contributed by atoms with van der Waals surface area (Å²) in [6, 6.07) is 9.92. The summed E-state index contributed by atoms with van der Waals surface area (Å²) in [5.41, 5.74) is 0.975. The Hall–Kier alpha value is -1.03. The maximum atomic E-state index is 12.4. The minimum Gasteiger partial charge on any atom is -0.497 e. The Bertz CT molecular complexity index is 621. The van der Waals surface area contributed by atoms with Gasteiger partial charge >= 0.3 is 0 Å². The zero-order valence-electron chi connectivity index (χ0n) is 9.91. The van der Waals surface area contributed by atoms with Crippen LogP contribution in [0.1, 0.15) is 15.9 Å². The summed E-state index contributed by atoms with van der Waals surface area (Å²) < 4.78 is 5.75. The molecular weight excluding hydrogens is 351 g/mol. The molecule has 0 saturated carbocycles. The lowest BCUT2D eigenvalue weighted by atomic mass is 10.0. The van der Waals surface area contributed by atoms with E-state index in [1.807, 2.05) is 0 Å². The zero-order valence-corrected chi connectivity index (χ0v) is 13.0. The number of halogens is 3. The highest BCUT2D eigenvalue weighted by atomic mass is 79.9. The van der Waals surface area contributed by atoms with Gasteiger partial charge in [0.25, 0.3) is 0 Å². The van der Waals surface area contributed by atoms with Gasteiger partial charge < -0.3 is 4.74 Å². The van der Waals surface area contributed by atoms with Crippen molar-refractivity contribution in [2.75, 3.05) is 7.11 Å². The summed E-state index contributed by atoms with van der Waals surface area (Å²) in [5.74, 6) is 0.520. The molecule has 0 unspecified atom stereocenters.